The molecular formula is C9H21OSn. The zero-order valence-electron chi connectivity index (χ0n) is 8.15. The van der Waals surface area contributed by atoms with Crippen LogP contribution in [0.15, 0.2) is 0 Å². The van der Waals surface area contributed by atoms with Crippen LogP contribution in [0, 0.1) is 0 Å². The second kappa shape index (κ2) is 8.85. The van der Waals surface area contributed by atoms with Crippen LogP contribution in [0.5, 0.6) is 0 Å². The zero-order chi connectivity index (χ0) is 8.53. The maximum absolute atomic E-state index is 5.48. The molecule has 0 aromatic heterocycles. The fourth-order valence-corrected chi connectivity index (χ4v) is 5.43. The van der Waals surface area contributed by atoms with Crippen LogP contribution in [0.4, 0.5) is 0 Å². The molecule has 0 heterocycles. The summed E-state index contributed by atoms with van der Waals surface area (Å²) in [7, 11) is 1.90. The number of rotatable bonds is 7. The molecule has 0 rings (SSSR count). The van der Waals surface area contributed by atoms with Gasteiger partial charge in [-0.15, -0.1) is 0 Å². The third-order valence-corrected chi connectivity index (χ3v) is 8.49. The Balaban J connectivity index is 3.07. The van der Waals surface area contributed by atoms with Gasteiger partial charge in [0.25, 0.3) is 0 Å². The van der Waals surface area contributed by atoms with Crippen LogP contribution >= 0.6 is 0 Å². The SMILES string of the molecule is CCCCC[CH2][Sn]([CH2]C)[O]C. The van der Waals surface area contributed by atoms with E-state index in [0.29, 0.717) is 0 Å². The summed E-state index contributed by atoms with van der Waals surface area (Å²) in [5, 5.41) is 0. The molecule has 0 aromatic carbocycles. The van der Waals surface area contributed by atoms with E-state index in [-0.39, 0.29) is 0 Å². The average molecular weight is 264 g/mol. The fraction of sp³-hybridized carbons (Fsp3) is 1.00. The van der Waals surface area contributed by atoms with Crippen molar-refractivity contribution in [1.82, 2.24) is 0 Å². The first-order valence-corrected chi connectivity index (χ1v) is 9.94. The van der Waals surface area contributed by atoms with Gasteiger partial charge in [-0.05, 0) is 0 Å². The number of hydrogen-bond donors (Lipinski definition) is 0. The van der Waals surface area contributed by atoms with Gasteiger partial charge >= 0.3 is 78.8 Å². The normalized spacial score (nSPS) is 10.9. The van der Waals surface area contributed by atoms with Crippen LogP contribution in [0.3, 0.4) is 0 Å². The van der Waals surface area contributed by atoms with Crippen molar-refractivity contribution >= 4 is 20.2 Å². The molecule has 0 N–H and O–H groups in total. The van der Waals surface area contributed by atoms with Gasteiger partial charge in [0.2, 0.25) is 0 Å². The van der Waals surface area contributed by atoms with Crippen molar-refractivity contribution in [3.63, 3.8) is 0 Å². The molecule has 0 aliphatic rings. The Bertz CT molecular complexity index is 72.0. The number of unbranched alkanes of at least 4 members (excludes halogenated alkanes) is 3. The Labute approximate surface area is 78.8 Å². The third-order valence-electron chi connectivity index (χ3n) is 1.99. The van der Waals surface area contributed by atoms with Crippen molar-refractivity contribution in [2.24, 2.45) is 0 Å². The topological polar surface area (TPSA) is 9.23 Å². The van der Waals surface area contributed by atoms with E-state index in [4.69, 9.17) is 3.07 Å². The van der Waals surface area contributed by atoms with E-state index in [1.165, 1.54) is 34.6 Å². The minimum absolute atomic E-state index is 1.25. The van der Waals surface area contributed by atoms with E-state index in [1.807, 2.05) is 7.11 Å². The predicted octanol–water partition coefficient (Wildman–Crippen LogP) is 3.22. The van der Waals surface area contributed by atoms with Crippen molar-refractivity contribution in [3.05, 3.63) is 0 Å². The van der Waals surface area contributed by atoms with E-state index < -0.39 is 20.2 Å². The molecule has 0 saturated carbocycles. The van der Waals surface area contributed by atoms with Crippen molar-refractivity contribution < 1.29 is 3.07 Å². The van der Waals surface area contributed by atoms with Gasteiger partial charge in [0.05, 0.1) is 0 Å². The molecule has 0 spiro atoms. The molecule has 2 heteroatoms. The van der Waals surface area contributed by atoms with Gasteiger partial charge in [-0.3, -0.25) is 0 Å². The van der Waals surface area contributed by atoms with Crippen LogP contribution in [0.1, 0.15) is 39.5 Å². The summed E-state index contributed by atoms with van der Waals surface area (Å²) >= 11 is -1.25. The number of hydrogen-bond acceptors (Lipinski definition) is 1. The Morgan fingerprint density at radius 1 is 1.09 bits per heavy atom. The molecule has 0 fully saturated rings. The van der Waals surface area contributed by atoms with E-state index in [0.717, 1.165) is 0 Å². The van der Waals surface area contributed by atoms with Gasteiger partial charge < -0.3 is 0 Å². The van der Waals surface area contributed by atoms with E-state index in [1.54, 1.807) is 0 Å². The molecule has 0 aliphatic carbocycles. The summed E-state index contributed by atoms with van der Waals surface area (Å²) < 4.78 is 8.27. The maximum atomic E-state index is 5.48. The Morgan fingerprint density at radius 3 is 2.27 bits per heavy atom. The molecule has 67 valence electrons. The monoisotopic (exact) mass is 265 g/mol. The van der Waals surface area contributed by atoms with Crippen molar-refractivity contribution in [1.29, 1.82) is 0 Å². The second-order valence-electron chi connectivity index (χ2n) is 2.91. The molecule has 0 amide bonds. The molecular weight excluding hydrogens is 243 g/mol. The van der Waals surface area contributed by atoms with E-state index >= 15 is 0 Å². The van der Waals surface area contributed by atoms with Gasteiger partial charge in [-0.1, -0.05) is 0 Å². The van der Waals surface area contributed by atoms with Crippen LogP contribution < -0.4 is 0 Å². The summed E-state index contributed by atoms with van der Waals surface area (Å²) in [6, 6.07) is 0. The second-order valence-corrected chi connectivity index (χ2v) is 10.6. The van der Waals surface area contributed by atoms with Crippen LogP contribution in [0.2, 0.25) is 8.87 Å². The zero-order valence-corrected chi connectivity index (χ0v) is 11.0. The van der Waals surface area contributed by atoms with Crippen molar-refractivity contribution in [2.45, 2.75) is 48.4 Å². The van der Waals surface area contributed by atoms with Crippen LogP contribution in [-0.4, -0.2) is 27.3 Å². The predicted molar refractivity (Wildman–Crippen MR) is 52.2 cm³/mol. The summed E-state index contributed by atoms with van der Waals surface area (Å²) in [6.07, 6.45) is 5.59. The van der Waals surface area contributed by atoms with E-state index in [2.05, 4.69) is 13.8 Å². The van der Waals surface area contributed by atoms with Crippen LogP contribution in [-0.2, 0) is 3.07 Å². The van der Waals surface area contributed by atoms with Crippen LogP contribution in [0.25, 0.3) is 0 Å². The van der Waals surface area contributed by atoms with Gasteiger partial charge in [0, 0.05) is 0 Å². The Hall–Kier alpha value is 0.759. The summed E-state index contributed by atoms with van der Waals surface area (Å²) in [5.41, 5.74) is 0. The first kappa shape index (κ1) is 11.8. The van der Waals surface area contributed by atoms with Gasteiger partial charge in [0.1, 0.15) is 0 Å². The summed E-state index contributed by atoms with van der Waals surface area (Å²) in [4.78, 5) is 0. The molecule has 1 nitrogen and oxygen atoms in total. The molecule has 0 bridgehead atoms. The summed E-state index contributed by atoms with van der Waals surface area (Å²) in [5.74, 6) is 0. The summed E-state index contributed by atoms with van der Waals surface area (Å²) in [6.45, 7) is 4.54. The van der Waals surface area contributed by atoms with Gasteiger partial charge in [-0.25, -0.2) is 0 Å². The molecule has 1 radical (unpaired) electrons. The van der Waals surface area contributed by atoms with Crippen molar-refractivity contribution in [3.8, 4) is 0 Å². The Kier molecular flexibility index (Phi) is 9.46. The fourth-order valence-electron chi connectivity index (χ4n) is 1.17. The first-order valence-electron chi connectivity index (χ1n) is 4.73. The molecule has 0 aromatic rings. The average Bonchev–Trinajstić information content (AvgIpc) is 2.05. The Morgan fingerprint density at radius 2 is 1.82 bits per heavy atom. The quantitative estimate of drug-likeness (QED) is 0.506. The first-order chi connectivity index (χ1) is 5.35. The molecule has 11 heavy (non-hydrogen) atoms. The minimum atomic E-state index is -1.25. The van der Waals surface area contributed by atoms with Crippen molar-refractivity contribution in [2.75, 3.05) is 7.11 Å². The standard InChI is InChI=1S/C6H13.C2H5.CH3O.Sn/c1-3-5-6-4-2;2*1-2;/h1,3-6H2,2H3;1H2,2H3;1H3;/q;;-1;+1. The molecule has 0 aliphatic heterocycles. The van der Waals surface area contributed by atoms with E-state index in [9.17, 15) is 0 Å². The molecule has 0 atom stereocenters. The molecule has 0 unspecified atom stereocenters. The van der Waals surface area contributed by atoms with Gasteiger partial charge in [0.15, 0.2) is 0 Å². The van der Waals surface area contributed by atoms with Gasteiger partial charge in [-0.2, -0.15) is 0 Å². The molecule has 0 saturated heterocycles. The third kappa shape index (κ3) is 7.13.